The average Bonchev–Trinajstić information content (AvgIpc) is 2.48. The summed E-state index contributed by atoms with van der Waals surface area (Å²) in [5.74, 6) is -0.231. The molecule has 2 aromatic rings. The van der Waals surface area contributed by atoms with Gasteiger partial charge in [-0.1, -0.05) is 12.1 Å². The van der Waals surface area contributed by atoms with E-state index in [1.54, 1.807) is 25.2 Å². The van der Waals surface area contributed by atoms with Crippen LogP contribution in [0.5, 0.6) is 0 Å². The van der Waals surface area contributed by atoms with Crippen LogP contribution in [0.15, 0.2) is 36.4 Å². The Bertz CT molecular complexity index is 701. The Balaban J connectivity index is 2.32. The fourth-order valence-corrected chi connectivity index (χ4v) is 1.84. The van der Waals surface area contributed by atoms with E-state index in [4.69, 9.17) is 5.26 Å². The summed E-state index contributed by atoms with van der Waals surface area (Å²) in [5, 5.41) is 8.83. The van der Waals surface area contributed by atoms with Crippen LogP contribution in [0, 0.1) is 25.2 Å². The molecule has 0 saturated carbocycles. The lowest BCUT2D eigenvalue weighted by atomic mass is 10.1. The van der Waals surface area contributed by atoms with E-state index in [1.807, 2.05) is 38.1 Å². The number of aromatic nitrogens is 1. The van der Waals surface area contributed by atoms with Gasteiger partial charge in [0.2, 0.25) is 0 Å². The van der Waals surface area contributed by atoms with E-state index in [2.05, 4.69) is 4.98 Å². The Morgan fingerprint density at radius 3 is 2.60 bits per heavy atom. The molecule has 0 N–H and O–H groups in total. The highest BCUT2D eigenvalue weighted by molar-refractivity contribution is 6.04. The first-order valence-corrected chi connectivity index (χ1v) is 6.25. The van der Waals surface area contributed by atoms with Crippen LogP contribution in [0.3, 0.4) is 0 Å². The number of hydrogen-bond acceptors (Lipinski definition) is 3. The Labute approximate surface area is 118 Å². The number of benzene rings is 1. The van der Waals surface area contributed by atoms with Gasteiger partial charge in [-0.2, -0.15) is 5.26 Å². The maximum atomic E-state index is 12.4. The summed E-state index contributed by atoms with van der Waals surface area (Å²) in [6.07, 6.45) is 0. The first kappa shape index (κ1) is 13.8. The number of hydrogen-bond donors (Lipinski definition) is 0. The van der Waals surface area contributed by atoms with Crippen LogP contribution >= 0.6 is 0 Å². The van der Waals surface area contributed by atoms with Gasteiger partial charge in [-0.25, -0.2) is 4.98 Å². The van der Waals surface area contributed by atoms with Crippen molar-refractivity contribution >= 4 is 11.6 Å². The summed E-state index contributed by atoms with van der Waals surface area (Å²) in [4.78, 5) is 17.9. The summed E-state index contributed by atoms with van der Waals surface area (Å²) < 4.78 is 0. The zero-order valence-electron chi connectivity index (χ0n) is 11.7. The monoisotopic (exact) mass is 265 g/mol. The van der Waals surface area contributed by atoms with Crippen LogP contribution in [0.2, 0.25) is 0 Å². The second kappa shape index (κ2) is 5.54. The van der Waals surface area contributed by atoms with Crippen LogP contribution < -0.4 is 4.90 Å². The molecule has 100 valence electrons. The summed E-state index contributed by atoms with van der Waals surface area (Å²) >= 11 is 0. The normalized spacial score (nSPS) is 9.90. The number of amides is 1. The van der Waals surface area contributed by atoms with Crippen LogP contribution in [0.1, 0.15) is 27.3 Å². The highest BCUT2D eigenvalue weighted by Gasteiger charge is 2.15. The van der Waals surface area contributed by atoms with Crippen molar-refractivity contribution in [1.82, 2.24) is 4.98 Å². The first-order valence-electron chi connectivity index (χ1n) is 6.25. The third kappa shape index (κ3) is 2.67. The van der Waals surface area contributed by atoms with E-state index in [0.29, 0.717) is 0 Å². The van der Waals surface area contributed by atoms with Crippen LogP contribution in [-0.4, -0.2) is 17.9 Å². The lowest BCUT2D eigenvalue weighted by Crippen LogP contribution is -2.27. The van der Waals surface area contributed by atoms with Gasteiger partial charge in [0.25, 0.3) is 5.91 Å². The molecule has 2 rings (SSSR count). The Hall–Kier alpha value is -2.67. The Morgan fingerprint density at radius 2 is 1.95 bits per heavy atom. The molecule has 0 radical (unpaired) electrons. The van der Waals surface area contributed by atoms with Gasteiger partial charge >= 0.3 is 0 Å². The van der Waals surface area contributed by atoms with Crippen molar-refractivity contribution in [3.05, 3.63) is 58.9 Å². The molecule has 0 aliphatic rings. The zero-order chi connectivity index (χ0) is 14.7. The molecule has 1 aromatic heterocycles. The smallest absolute Gasteiger partial charge is 0.276 e. The number of aryl methyl sites for hydroxylation is 2. The summed E-state index contributed by atoms with van der Waals surface area (Å²) in [7, 11) is 1.70. The molecule has 0 aliphatic heterocycles. The molecule has 1 heterocycles. The lowest BCUT2D eigenvalue weighted by molar-refractivity contribution is 0.0988. The number of carbonyl (C=O) groups is 1. The minimum absolute atomic E-state index is 0.231. The van der Waals surface area contributed by atoms with Crippen molar-refractivity contribution < 1.29 is 4.79 Å². The number of nitriles is 1. The standard InChI is InChI=1S/C16H15N3O/c1-11-7-8-14(9-12(11)2)19(3)16(20)15-6-4-5-13(10-17)18-15/h4-9H,1-3H3. The molecule has 0 spiro atoms. The minimum Gasteiger partial charge on any atom is -0.310 e. The SMILES string of the molecule is Cc1ccc(N(C)C(=O)c2cccc(C#N)n2)cc1C. The van der Waals surface area contributed by atoms with E-state index in [9.17, 15) is 4.79 Å². The van der Waals surface area contributed by atoms with E-state index in [-0.39, 0.29) is 17.3 Å². The van der Waals surface area contributed by atoms with Gasteiger partial charge in [-0.05, 0) is 49.2 Å². The highest BCUT2D eigenvalue weighted by atomic mass is 16.2. The van der Waals surface area contributed by atoms with Crippen molar-refractivity contribution in [3.8, 4) is 6.07 Å². The van der Waals surface area contributed by atoms with Gasteiger partial charge in [0, 0.05) is 12.7 Å². The summed E-state index contributed by atoms with van der Waals surface area (Å²) in [6, 6.07) is 12.6. The second-order valence-corrected chi connectivity index (χ2v) is 4.65. The zero-order valence-corrected chi connectivity index (χ0v) is 11.7. The maximum absolute atomic E-state index is 12.4. The molecule has 0 unspecified atom stereocenters. The van der Waals surface area contributed by atoms with Gasteiger partial charge in [0.05, 0.1) is 0 Å². The quantitative estimate of drug-likeness (QED) is 0.839. The minimum atomic E-state index is -0.231. The molecule has 20 heavy (non-hydrogen) atoms. The number of carbonyl (C=O) groups excluding carboxylic acids is 1. The number of anilines is 1. The molecule has 4 nitrogen and oxygen atoms in total. The van der Waals surface area contributed by atoms with Gasteiger partial charge in [0.15, 0.2) is 0 Å². The summed E-state index contributed by atoms with van der Waals surface area (Å²) in [6.45, 7) is 4.03. The van der Waals surface area contributed by atoms with E-state index < -0.39 is 0 Å². The van der Waals surface area contributed by atoms with Crippen molar-refractivity contribution in [1.29, 1.82) is 5.26 Å². The number of nitrogens with zero attached hydrogens (tertiary/aromatic N) is 3. The third-order valence-electron chi connectivity index (χ3n) is 3.27. The van der Waals surface area contributed by atoms with Crippen LogP contribution in [0.4, 0.5) is 5.69 Å². The topological polar surface area (TPSA) is 57.0 Å². The lowest BCUT2D eigenvalue weighted by Gasteiger charge is -2.18. The maximum Gasteiger partial charge on any atom is 0.276 e. The van der Waals surface area contributed by atoms with E-state index in [0.717, 1.165) is 11.3 Å². The van der Waals surface area contributed by atoms with Crippen molar-refractivity contribution in [2.45, 2.75) is 13.8 Å². The third-order valence-corrected chi connectivity index (χ3v) is 3.27. The predicted molar refractivity (Wildman–Crippen MR) is 77.6 cm³/mol. The van der Waals surface area contributed by atoms with Crippen molar-refractivity contribution in [2.24, 2.45) is 0 Å². The van der Waals surface area contributed by atoms with Gasteiger partial charge in [0.1, 0.15) is 17.5 Å². The number of rotatable bonds is 2. The predicted octanol–water partition coefficient (Wildman–Crippen LogP) is 2.85. The molecule has 1 amide bonds. The largest absolute Gasteiger partial charge is 0.310 e. The van der Waals surface area contributed by atoms with E-state index in [1.165, 1.54) is 10.5 Å². The Kier molecular flexibility index (Phi) is 3.81. The first-order chi connectivity index (χ1) is 9.52. The molecule has 4 heteroatoms. The second-order valence-electron chi connectivity index (χ2n) is 4.65. The highest BCUT2D eigenvalue weighted by Crippen LogP contribution is 2.19. The van der Waals surface area contributed by atoms with Gasteiger partial charge in [-0.3, -0.25) is 4.79 Å². The molecule has 0 fully saturated rings. The molecule has 0 bridgehead atoms. The molecular formula is C16H15N3O. The summed E-state index contributed by atoms with van der Waals surface area (Å²) in [5.41, 5.74) is 3.62. The van der Waals surface area contributed by atoms with Crippen molar-refractivity contribution in [3.63, 3.8) is 0 Å². The molecule has 0 atom stereocenters. The van der Waals surface area contributed by atoms with Gasteiger partial charge < -0.3 is 4.90 Å². The fourth-order valence-electron chi connectivity index (χ4n) is 1.84. The van der Waals surface area contributed by atoms with Gasteiger partial charge in [-0.15, -0.1) is 0 Å². The van der Waals surface area contributed by atoms with Crippen LogP contribution in [0.25, 0.3) is 0 Å². The number of pyridine rings is 1. The molecule has 0 aliphatic carbocycles. The van der Waals surface area contributed by atoms with Crippen LogP contribution in [-0.2, 0) is 0 Å². The Morgan fingerprint density at radius 1 is 1.20 bits per heavy atom. The average molecular weight is 265 g/mol. The molecule has 0 saturated heterocycles. The molecular weight excluding hydrogens is 250 g/mol. The molecule has 1 aromatic carbocycles. The fraction of sp³-hybridized carbons (Fsp3) is 0.188. The van der Waals surface area contributed by atoms with E-state index >= 15 is 0 Å². The van der Waals surface area contributed by atoms with Crippen molar-refractivity contribution in [2.75, 3.05) is 11.9 Å².